The second-order valence-corrected chi connectivity index (χ2v) is 2.15. The van der Waals surface area contributed by atoms with E-state index in [4.69, 9.17) is 11.6 Å². The van der Waals surface area contributed by atoms with Crippen LogP contribution in [0.5, 0.6) is 0 Å². The lowest BCUT2D eigenvalue weighted by molar-refractivity contribution is 0.340. The van der Waals surface area contributed by atoms with Crippen LogP contribution in [0.1, 0.15) is 0 Å². The quantitative estimate of drug-likeness (QED) is 0.525. The van der Waals surface area contributed by atoms with Gasteiger partial charge in [0, 0.05) is 19.1 Å². The molecule has 2 nitrogen and oxygen atoms in total. The molecule has 0 aromatic rings. The van der Waals surface area contributed by atoms with Crippen molar-refractivity contribution in [1.82, 2.24) is 10.4 Å². The summed E-state index contributed by atoms with van der Waals surface area (Å²) in [6.45, 7) is 0. The summed E-state index contributed by atoms with van der Waals surface area (Å²) in [6, 6.07) is 0.335. The zero-order valence-corrected chi connectivity index (χ0v) is 5.52. The van der Waals surface area contributed by atoms with Gasteiger partial charge in [-0.05, 0) is 6.08 Å². The van der Waals surface area contributed by atoms with Crippen molar-refractivity contribution < 1.29 is 0 Å². The molecule has 1 rings (SSSR count). The van der Waals surface area contributed by atoms with Crippen LogP contribution in [0.4, 0.5) is 0 Å². The van der Waals surface area contributed by atoms with Crippen molar-refractivity contribution in [2.45, 2.75) is 6.04 Å². The molecule has 1 N–H and O–H groups in total. The molecule has 1 unspecified atom stereocenters. The van der Waals surface area contributed by atoms with Crippen LogP contribution < -0.4 is 5.43 Å². The largest absolute Gasteiger partial charge is 0.318 e. The lowest BCUT2D eigenvalue weighted by Gasteiger charge is -2.11. The van der Waals surface area contributed by atoms with Gasteiger partial charge in [0.1, 0.15) is 0 Å². The lowest BCUT2D eigenvalue weighted by Crippen LogP contribution is -2.33. The zero-order chi connectivity index (χ0) is 5.98. The molecule has 1 aliphatic rings. The van der Waals surface area contributed by atoms with Gasteiger partial charge in [0.2, 0.25) is 0 Å². The third-order valence-corrected chi connectivity index (χ3v) is 1.41. The number of nitrogens with zero attached hydrogens (tertiary/aromatic N) is 1. The molecular weight excluding hydrogens is 124 g/mol. The molecule has 0 aromatic carbocycles. The van der Waals surface area contributed by atoms with Crippen molar-refractivity contribution in [2.75, 3.05) is 12.9 Å². The molecule has 1 heterocycles. The first-order valence-corrected chi connectivity index (χ1v) is 3.09. The SMILES string of the molecule is CN1C=CC(CCl)N1. The Labute approximate surface area is 54.1 Å². The molecule has 1 aliphatic heterocycles. The number of nitrogens with one attached hydrogen (secondary N) is 1. The van der Waals surface area contributed by atoms with E-state index in [0.717, 1.165) is 0 Å². The van der Waals surface area contributed by atoms with E-state index in [-0.39, 0.29) is 0 Å². The Hall–Kier alpha value is -0.210. The second kappa shape index (κ2) is 2.37. The maximum absolute atomic E-state index is 5.53. The minimum atomic E-state index is 0.335. The maximum Gasteiger partial charge on any atom is 0.0595 e. The highest BCUT2D eigenvalue weighted by atomic mass is 35.5. The Kier molecular flexibility index (Phi) is 1.76. The molecule has 0 radical (unpaired) electrons. The van der Waals surface area contributed by atoms with Crippen molar-refractivity contribution in [3.63, 3.8) is 0 Å². The summed E-state index contributed by atoms with van der Waals surface area (Å²) >= 11 is 5.53. The van der Waals surface area contributed by atoms with E-state index in [0.29, 0.717) is 11.9 Å². The summed E-state index contributed by atoms with van der Waals surface area (Å²) < 4.78 is 0. The number of rotatable bonds is 1. The summed E-state index contributed by atoms with van der Waals surface area (Å²) in [7, 11) is 1.95. The van der Waals surface area contributed by atoms with Crippen molar-refractivity contribution in [3.8, 4) is 0 Å². The molecule has 0 saturated carbocycles. The highest BCUT2D eigenvalue weighted by Crippen LogP contribution is 1.99. The Morgan fingerprint density at radius 1 is 1.88 bits per heavy atom. The van der Waals surface area contributed by atoms with E-state index >= 15 is 0 Å². The van der Waals surface area contributed by atoms with Gasteiger partial charge < -0.3 is 5.01 Å². The van der Waals surface area contributed by atoms with Crippen LogP contribution in [0, 0.1) is 0 Å². The van der Waals surface area contributed by atoms with Gasteiger partial charge in [0.25, 0.3) is 0 Å². The average Bonchev–Trinajstić information content (AvgIpc) is 2.14. The lowest BCUT2D eigenvalue weighted by atomic mass is 10.4. The molecule has 0 amide bonds. The van der Waals surface area contributed by atoms with Gasteiger partial charge in [-0.1, -0.05) is 0 Å². The van der Waals surface area contributed by atoms with E-state index in [1.165, 1.54) is 0 Å². The van der Waals surface area contributed by atoms with Crippen LogP contribution in [0.15, 0.2) is 12.3 Å². The predicted octanol–water partition coefficient (Wildman–Crippen LogP) is 0.557. The van der Waals surface area contributed by atoms with Gasteiger partial charge in [-0.15, -0.1) is 11.6 Å². The molecule has 0 spiro atoms. The second-order valence-electron chi connectivity index (χ2n) is 1.84. The normalized spacial score (nSPS) is 27.2. The number of hydrogen-bond acceptors (Lipinski definition) is 2. The molecule has 0 fully saturated rings. The Balaban J connectivity index is 2.34. The minimum Gasteiger partial charge on any atom is -0.318 e. The number of hydrazine groups is 1. The predicted molar refractivity (Wildman–Crippen MR) is 34.5 cm³/mol. The molecule has 8 heavy (non-hydrogen) atoms. The zero-order valence-electron chi connectivity index (χ0n) is 4.76. The van der Waals surface area contributed by atoms with E-state index < -0.39 is 0 Å². The summed E-state index contributed by atoms with van der Waals surface area (Å²) in [5.74, 6) is 0.640. The minimum absolute atomic E-state index is 0.335. The van der Waals surface area contributed by atoms with E-state index in [9.17, 15) is 0 Å². The molecule has 1 atom stereocenters. The Morgan fingerprint density at radius 3 is 2.88 bits per heavy atom. The topological polar surface area (TPSA) is 15.3 Å². The van der Waals surface area contributed by atoms with Gasteiger partial charge in [0.15, 0.2) is 0 Å². The van der Waals surface area contributed by atoms with Crippen LogP contribution in [0.3, 0.4) is 0 Å². The summed E-state index contributed by atoms with van der Waals surface area (Å²) in [5.41, 5.74) is 3.09. The van der Waals surface area contributed by atoms with E-state index in [1.54, 1.807) is 0 Å². The highest BCUT2D eigenvalue weighted by molar-refractivity contribution is 6.18. The Bertz CT molecular complexity index is 103. The fourth-order valence-electron chi connectivity index (χ4n) is 0.667. The number of halogens is 1. The Morgan fingerprint density at radius 2 is 2.62 bits per heavy atom. The number of hydrogen-bond donors (Lipinski definition) is 1. The van der Waals surface area contributed by atoms with Gasteiger partial charge >= 0.3 is 0 Å². The molecule has 46 valence electrons. The van der Waals surface area contributed by atoms with Crippen molar-refractivity contribution >= 4 is 11.6 Å². The third-order valence-electron chi connectivity index (χ3n) is 1.08. The smallest absolute Gasteiger partial charge is 0.0595 e. The fraction of sp³-hybridized carbons (Fsp3) is 0.600. The van der Waals surface area contributed by atoms with Gasteiger partial charge in [-0.3, -0.25) is 0 Å². The maximum atomic E-state index is 5.53. The molecule has 0 aromatic heterocycles. The molecular formula is C5H9ClN2. The fourth-order valence-corrected chi connectivity index (χ4v) is 0.838. The van der Waals surface area contributed by atoms with Crippen LogP contribution >= 0.6 is 11.6 Å². The van der Waals surface area contributed by atoms with E-state index in [1.807, 2.05) is 24.3 Å². The van der Waals surface area contributed by atoms with Crippen molar-refractivity contribution in [3.05, 3.63) is 12.3 Å². The van der Waals surface area contributed by atoms with Crippen LogP contribution in [0.25, 0.3) is 0 Å². The van der Waals surface area contributed by atoms with Crippen molar-refractivity contribution in [1.29, 1.82) is 0 Å². The summed E-state index contributed by atoms with van der Waals surface area (Å²) in [6.07, 6.45) is 4.00. The monoisotopic (exact) mass is 132 g/mol. The molecule has 3 heteroatoms. The van der Waals surface area contributed by atoms with Crippen LogP contribution in [-0.2, 0) is 0 Å². The third kappa shape index (κ3) is 1.14. The first-order valence-electron chi connectivity index (χ1n) is 2.56. The number of alkyl halides is 1. The summed E-state index contributed by atoms with van der Waals surface area (Å²) in [5, 5.41) is 1.90. The first kappa shape index (κ1) is 5.92. The molecule has 0 aliphatic carbocycles. The van der Waals surface area contributed by atoms with Crippen LogP contribution in [-0.4, -0.2) is 24.0 Å². The van der Waals surface area contributed by atoms with Gasteiger partial charge in [-0.2, -0.15) is 0 Å². The van der Waals surface area contributed by atoms with Gasteiger partial charge in [0.05, 0.1) is 6.04 Å². The first-order chi connectivity index (χ1) is 3.83. The van der Waals surface area contributed by atoms with Gasteiger partial charge in [-0.25, -0.2) is 5.43 Å². The highest BCUT2D eigenvalue weighted by Gasteiger charge is 2.08. The van der Waals surface area contributed by atoms with Crippen molar-refractivity contribution in [2.24, 2.45) is 0 Å². The molecule has 0 saturated heterocycles. The summed E-state index contributed by atoms with van der Waals surface area (Å²) in [4.78, 5) is 0. The van der Waals surface area contributed by atoms with E-state index in [2.05, 4.69) is 5.43 Å². The average molecular weight is 133 g/mol. The standard InChI is InChI=1S/C5H9ClN2/c1-8-3-2-5(4-6)7-8/h2-3,5,7H,4H2,1H3. The van der Waals surface area contributed by atoms with Crippen LogP contribution in [0.2, 0.25) is 0 Å². The molecule has 0 bridgehead atoms.